The molecule has 0 fully saturated rings. The molecule has 7 nitrogen and oxygen atoms in total. The number of carbonyl (C=O) groups excluding carboxylic acids is 1. The summed E-state index contributed by atoms with van der Waals surface area (Å²) in [6.07, 6.45) is 3.84. The number of anilines is 1. The number of benzene rings is 2. The van der Waals surface area contributed by atoms with Crippen LogP contribution in [-0.2, 0) is 6.61 Å². The van der Waals surface area contributed by atoms with Gasteiger partial charge in [0.05, 0.1) is 18.8 Å². The standard InChI is InChI=1S/C24H23ClN4O3/c1-16(17-6-5-7-18(25)12-17)26-24(30)28-19-9-10-21(31-2)22(13-19)32-15-20-14-29-11-4-3-8-23(29)27-20/h3-14,16H,15H2,1-2H3,(H2,26,28,30)/t16-/m1/s1. The number of hydrogen-bond acceptors (Lipinski definition) is 4. The van der Waals surface area contributed by atoms with E-state index in [4.69, 9.17) is 21.1 Å². The fourth-order valence-corrected chi connectivity index (χ4v) is 3.50. The summed E-state index contributed by atoms with van der Waals surface area (Å²) < 4.78 is 13.3. The Morgan fingerprint density at radius 2 is 2.00 bits per heavy atom. The quantitative estimate of drug-likeness (QED) is 0.392. The number of nitrogens with zero attached hydrogens (tertiary/aromatic N) is 2. The van der Waals surface area contributed by atoms with Crippen molar-refractivity contribution < 1.29 is 14.3 Å². The first-order valence-electron chi connectivity index (χ1n) is 10.1. The second-order valence-corrected chi connectivity index (χ2v) is 7.66. The molecule has 2 amide bonds. The summed E-state index contributed by atoms with van der Waals surface area (Å²) in [5.41, 5.74) is 3.12. The molecule has 0 unspecified atom stereocenters. The van der Waals surface area contributed by atoms with E-state index in [9.17, 15) is 4.79 Å². The highest BCUT2D eigenvalue weighted by Crippen LogP contribution is 2.31. The van der Waals surface area contributed by atoms with E-state index in [0.29, 0.717) is 22.2 Å². The molecule has 1 atom stereocenters. The number of imidazole rings is 1. The number of halogens is 1. The molecule has 32 heavy (non-hydrogen) atoms. The summed E-state index contributed by atoms with van der Waals surface area (Å²) in [6.45, 7) is 2.15. The predicted octanol–water partition coefficient (Wildman–Crippen LogP) is 5.46. The van der Waals surface area contributed by atoms with Crippen molar-refractivity contribution in [3.05, 3.63) is 89.3 Å². The number of methoxy groups -OCH3 is 1. The Hall–Kier alpha value is -3.71. The van der Waals surface area contributed by atoms with E-state index in [1.54, 1.807) is 31.4 Å². The van der Waals surface area contributed by atoms with Gasteiger partial charge in [0, 0.05) is 29.2 Å². The van der Waals surface area contributed by atoms with Gasteiger partial charge in [0.1, 0.15) is 12.3 Å². The monoisotopic (exact) mass is 450 g/mol. The van der Waals surface area contributed by atoms with Crippen LogP contribution >= 0.6 is 11.6 Å². The van der Waals surface area contributed by atoms with Gasteiger partial charge in [-0.2, -0.15) is 0 Å². The Kier molecular flexibility index (Phi) is 6.47. The first kappa shape index (κ1) is 21.5. The van der Waals surface area contributed by atoms with Crippen LogP contribution < -0.4 is 20.1 Å². The third kappa shape index (κ3) is 5.12. The second-order valence-electron chi connectivity index (χ2n) is 7.23. The molecule has 0 bridgehead atoms. The molecular formula is C24H23ClN4O3. The molecule has 0 aliphatic carbocycles. The van der Waals surface area contributed by atoms with Crippen molar-refractivity contribution in [2.75, 3.05) is 12.4 Å². The Bertz CT molecular complexity index is 1210. The lowest BCUT2D eigenvalue weighted by Gasteiger charge is -2.16. The van der Waals surface area contributed by atoms with E-state index < -0.39 is 0 Å². The Balaban J connectivity index is 1.42. The minimum absolute atomic E-state index is 0.210. The summed E-state index contributed by atoms with van der Waals surface area (Å²) in [4.78, 5) is 17.0. The average molecular weight is 451 g/mol. The number of fused-ring (bicyclic) bond motifs is 1. The third-order valence-electron chi connectivity index (χ3n) is 4.91. The number of carbonyl (C=O) groups is 1. The zero-order valence-electron chi connectivity index (χ0n) is 17.7. The molecule has 2 aromatic carbocycles. The van der Waals surface area contributed by atoms with Crippen molar-refractivity contribution in [2.45, 2.75) is 19.6 Å². The summed E-state index contributed by atoms with van der Waals surface area (Å²) in [5, 5.41) is 6.35. The maximum Gasteiger partial charge on any atom is 0.319 e. The first-order chi connectivity index (χ1) is 15.5. The second kappa shape index (κ2) is 9.62. The van der Waals surface area contributed by atoms with Crippen molar-refractivity contribution >= 4 is 29.0 Å². The van der Waals surface area contributed by atoms with E-state index in [-0.39, 0.29) is 18.7 Å². The Morgan fingerprint density at radius 3 is 2.78 bits per heavy atom. The number of amides is 2. The topological polar surface area (TPSA) is 76.9 Å². The molecule has 4 aromatic rings. The lowest BCUT2D eigenvalue weighted by atomic mass is 10.1. The van der Waals surface area contributed by atoms with Crippen LogP contribution in [0.2, 0.25) is 5.02 Å². The van der Waals surface area contributed by atoms with Gasteiger partial charge in [-0.3, -0.25) is 0 Å². The maximum absolute atomic E-state index is 12.5. The zero-order valence-corrected chi connectivity index (χ0v) is 18.5. The number of hydrogen-bond donors (Lipinski definition) is 2. The molecule has 0 radical (unpaired) electrons. The van der Waals surface area contributed by atoms with Gasteiger partial charge in [-0.15, -0.1) is 0 Å². The number of ether oxygens (including phenoxy) is 2. The van der Waals surface area contributed by atoms with Gasteiger partial charge in [-0.05, 0) is 48.9 Å². The van der Waals surface area contributed by atoms with Crippen LogP contribution in [0.1, 0.15) is 24.2 Å². The highest BCUT2D eigenvalue weighted by molar-refractivity contribution is 6.30. The van der Waals surface area contributed by atoms with Gasteiger partial charge >= 0.3 is 6.03 Å². The van der Waals surface area contributed by atoms with Gasteiger partial charge in [-0.1, -0.05) is 29.8 Å². The number of urea groups is 1. The molecule has 0 saturated heterocycles. The summed E-state index contributed by atoms with van der Waals surface area (Å²) in [6, 6.07) is 17.9. The average Bonchev–Trinajstić information content (AvgIpc) is 3.21. The molecular weight excluding hydrogens is 428 g/mol. The van der Waals surface area contributed by atoms with Crippen LogP contribution in [0.25, 0.3) is 5.65 Å². The molecule has 0 aliphatic heterocycles. The summed E-state index contributed by atoms with van der Waals surface area (Å²) in [5.74, 6) is 1.07. The molecule has 2 heterocycles. The normalized spacial score (nSPS) is 11.7. The molecule has 8 heteroatoms. The molecule has 4 rings (SSSR count). The zero-order chi connectivity index (χ0) is 22.5. The number of nitrogens with one attached hydrogen (secondary N) is 2. The molecule has 0 aliphatic rings. The number of pyridine rings is 1. The van der Waals surface area contributed by atoms with Crippen molar-refractivity contribution in [1.82, 2.24) is 14.7 Å². The van der Waals surface area contributed by atoms with E-state index in [0.717, 1.165) is 16.9 Å². The van der Waals surface area contributed by atoms with Gasteiger partial charge in [-0.25, -0.2) is 9.78 Å². The number of aromatic nitrogens is 2. The molecule has 164 valence electrons. The highest BCUT2D eigenvalue weighted by atomic mass is 35.5. The van der Waals surface area contributed by atoms with Crippen LogP contribution in [0.15, 0.2) is 73.1 Å². The molecule has 0 saturated carbocycles. The molecule has 2 N–H and O–H groups in total. The maximum atomic E-state index is 12.5. The van der Waals surface area contributed by atoms with Gasteiger partial charge < -0.3 is 24.5 Å². The molecule has 2 aromatic heterocycles. The lowest BCUT2D eigenvalue weighted by Crippen LogP contribution is -2.31. The van der Waals surface area contributed by atoms with Gasteiger partial charge in [0.15, 0.2) is 11.5 Å². The van der Waals surface area contributed by atoms with Crippen LogP contribution in [-0.4, -0.2) is 22.5 Å². The first-order valence-corrected chi connectivity index (χ1v) is 10.5. The predicted molar refractivity (Wildman–Crippen MR) is 125 cm³/mol. The van der Waals surface area contributed by atoms with E-state index >= 15 is 0 Å². The fourth-order valence-electron chi connectivity index (χ4n) is 3.30. The van der Waals surface area contributed by atoms with E-state index in [2.05, 4.69) is 15.6 Å². The number of rotatable bonds is 7. The fraction of sp³-hybridized carbons (Fsp3) is 0.167. The van der Waals surface area contributed by atoms with Gasteiger partial charge in [0.25, 0.3) is 0 Å². The SMILES string of the molecule is COc1ccc(NC(=O)N[C@H](C)c2cccc(Cl)c2)cc1OCc1cn2ccccc2n1. The van der Waals surface area contributed by atoms with Crippen LogP contribution in [0, 0.1) is 0 Å². The minimum atomic E-state index is -0.339. The smallest absolute Gasteiger partial charge is 0.319 e. The highest BCUT2D eigenvalue weighted by Gasteiger charge is 2.13. The third-order valence-corrected chi connectivity index (χ3v) is 5.14. The van der Waals surface area contributed by atoms with Crippen molar-refractivity contribution in [3.63, 3.8) is 0 Å². The van der Waals surface area contributed by atoms with E-state index in [1.165, 1.54) is 0 Å². The van der Waals surface area contributed by atoms with Gasteiger partial charge in [0.2, 0.25) is 0 Å². The van der Waals surface area contributed by atoms with Crippen LogP contribution in [0.4, 0.5) is 10.5 Å². The Labute approximate surface area is 190 Å². The van der Waals surface area contributed by atoms with Crippen molar-refractivity contribution in [1.29, 1.82) is 0 Å². The van der Waals surface area contributed by atoms with Crippen molar-refractivity contribution in [2.24, 2.45) is 0 Å². The van der Waals surface area contributed by atoms with Crippen molar-refractivity contribution in [3.8, 4) is 11.5 Å². The summed E-state index contributed by atoms with van der Waals surface area (Å²) >= 11 is 6.04. The summed E-state index contributed by atoms with van der Waals surface area (Å²) in [7, 11) is 1.57. The van der Waals surface area contributed by atoms with E-state index in [1.807, 2.05) is 60.1 Å². The largest absolute Gasteiger partial charge is 0.493 e. The Morgan fingerprint density at radius 1 is 1.12 bits per heavy atom. The minimum Gasteiger partial charge on any atom is -0.493 e. The van der Waals surface area contributed by atoms with Crippen LogP contribution in [0.5, 0.6) is 11.5 Å². The van der Waals surface area contributed by atoms with Crippen LogP contribution in [0.3, 0.4) is 0 Å². The lowest BCUT2D eigenvalue weighted by molar-refractivity contribution is 0.249. The molecule has 0 spiro atoms.